The van der Waals surface area contributed by atoms with Crippen molar-refractivity contribution >= 4 is 34.2 Å². The van der Waals surface area contributed by atoms with Crippen LogP contribution < -0.4 is 0 Å². The van der Waals surface area contributed by atoms with E-state index in [2.05, 4.69) is 27.6 Å². The van der Waals surface area contributed by atoms with Crippen molar-refractivity contribution in [2.24, 2.45) is 0 Å². The van der Waals surface area contributed by atoms with Gasteiger partial charge in [-0.3, -0.25) is 4.98 Å². The summed E-state index contributed by atoms with van der Waals surface area (Å²) in [6.07, 6.45) is 5.28. The van der Waals surface area contributed by atoms with Gasteiger partial charge < -0.3 is 0 Å². The predicted molar refractivity (Wildman–Crippen MR) is 54.0 cm³/mol. The fourth-order valence-corrected chi connectivity index (χ4v) is 2.16. The summed E-state index contributed by atoms with van der Waals surface area (Å²) < 4.78 is 1.07. The third kappa shape index (κ3) is 1.26. The van der Waals surface area contributed by atoms with Crippen LogP contribution in [0.4, 0.5) is 0 Å². The predicted octanol–water partition coefficient (Wildman–Crippen LogP) is 2.83. The number of aromatic nitrogens is 1. The van der Waals surface area contributed by atoms with Crippen LogP contribution in [0.1, 0.15) is 17.7 Å². The highest BCUT2D eigenvalue weighted by atomic mass is 127. The number of aryl methyl sites for hydroxylation is 1. The molecule has 1 aliphatic carbocycles. The van der Waals surface area contributed by atoms with Crippen LogP contribution in [-0.4, -0.2) is 4.98 Å². The van der Waals surface area contributed by atoms with E-state index in [1.54, 1.807) is 0 Å². The first kappa shape index (κ1) is 7.80. The van der Waals surface area contributed by atoms with Gasteiger partial charge in [-0.1, -0.05) is 11.6 Å². The Labute approximate surface area is 84.3 Å². The van der Waals surface area contributed by atoms with Gasteiger partial charge in [-0.2, -0.15) is 0 Å². The van der Waals surface area contributed by atoms with Gasteiger partial charge in [-0.15, -0.1) is 0 Å². The molecular weight excluding hydrogens is 272 g/mol. The molecule has 0 amide bonds. The summed E-state index contributed by atoms with van der Waals surface area (Å²) in [6.45, 7) is 0. The molecule has 0 radical (unpaired) electrons. The Hall–Kier alpha value is 0.170. The normalized spacial score (nSPS) is 15.1. The van der Waals surface area contributed by atoms with Gasteiger partial charge >= 0.3 is 0 Å². The molecule has 0 bridgehead atoms. The number of nitrogens with zero attached hydrogens (tertiary/aromatic N) is 1. The molecule has 1 nitrogen and oxygen atoms in total. The van der Waals surface area contributed by atoms with Gasteiger partial charge in [0.05, 0.1) is 8.59 Å². The summed E-state index contributed by atoms with van der Waals surface area (Å²) in [4.78, 5) is 4.33. The van der Waals surface area contributed by atoms with E-state index in [1.807, 2.05) is 6.20 Å². The molecule has 1 aliphatic rings. The zero-order chi connectivity index (χ0) is 7.84. The van der Waals surface area contributed by atoms with Crippen molar-refractivity contribution in [1.82, 2.24) is 4.98 Å². The lowest BCUT2D eigenvalue weighted by Gasteiger charge is -2.01. The quantitative estimate of drug-likeness (QED) is 0.666. The Kier molecular flexibility index (Phi) is 2.06. The molecular formula is C8H7ClIN. The van der Waals surface area contributed by atoms with Gasteiger partial charge in [-0.25, -0.2) is 0 Å². The van der Waals surface area contributed by atoms with Crippen molar-refractivity contribution in [3.8, 4) is 0 Å². The summed E-state index contributed by atoms with van der Waals surface area (Å²) in [6, 6.07) is 0. The van der Waals surface area contributed by atoms with E-state index in [1.165, 1.54) is 17.7 Å². The van der Waals surface area contributed by atoms with E-state index >= 15 is 0 Å². The molecule has 58 valence electrons. The van der Waals surface area contributed by atoms with Crippen LogP contribution in [0.5, 0.6) is 0 Å². The number of fused-ring (bicyclic) bond motifs is 1. The lowest BCUT2D eigenvalue weighted by Crippen LogP contribution is -1.90. The highest BCUT2D eigenvalue weighted by Crippen LogP contribution is 2.30. The van der Waals surface area contributed by atoms with Crippen molar-refractivity contribution in [2.75, 3.05) is 0 Å². The average molecular weight is 280 g/mol. The highest BCUT2D eigenvalue weighted by Gasteiger charge is 2.16. The second-order valence-electron chi connectivity index (χ2n) is 2.70. The molecule has 0 saturated heterocycles. The summed E-state index contributed by atoms with van der Waals surface area (Å²) in [5, 5.41) is 0.924. The highest BCUT2D eigenvalue weighted by molar-refractivity contribution is 14.1. The maximum atomic E-state index is 6.09. The van der Waals surface area contributed by atoms with Gasteiger partial charge in [0.2, 0.25) is 0 Å². The molecule has 0 spiro atoms. The second-order valence-corrected chi connectivity index (χ2v) is 4.24. The molecule has 2 rings (SSSR count). The van der Waals surface area contributed by atoms with Gasteiger partial charge in [0, 0.05) is 11.9 Å². The molecule has 1 aromatic rings. The summed E-state index contributed by atoms with van der Waals surface area (Å²) in [5.74, 6) is 0. The SMILES string of the molecule is Clc1c(I)cnc2c1CCC2. The van der Waals surface area contributed by atoms with E-state index in [0.29, 0.717) is 0 Å². The Balaban J connectivity index is 2.62. The second kappa shape index (κ2) is 2.90. The molecule has 0 aromatic carbocycles. The molecule has 1 heterocycles. The molecule has 0 unspecified atom stereocenters. The lowest BCUT2D eigenvalue weighted by molar-refractivity contribution is 0.899. The fourth-order valence-electron chi connectivity index (χ4n) is 1.44. The van der Waals surface area contributed by atoms with Crippen molar-refractivity contribution in [3.63, 3.8) is 0 Å². The minimum Gasteiger partial charge on any atom is -0.260 e. The monoisotopic (exact) mass is 279 g/mol. The van der Waals surface area contributed by atoms with Crippen LogP contribution in [0.3, 0.4) is 0 Å². The first-order valence-corrected chi connectivity index (χ1v) is 5.06. The molecule has 0 aliphatic heterocycles. The van der Waals surface area contributed by atoms with Crippen LogP contribution >= 0.6 is 34.2 Å². The Morgan fingerprint density at radius 2 is 2.27 bits per heavy atom. The van der Waals surface area contributed by atoms with Crippen LogP contribution in [-0.2, 0) is 12.8 Å². The number of pyridine rings is 1. The third-order valence-electron chi connectivity index (χ3n) is 2.00. The number of rotatable bonds is 0. The zero-order valence-corrected chi connectivity index (χ0v) is 8.82. The number of hydrogen-bond acceptors (Lipinski definition) is 1. The summed E-state index contributed by atoms with van der Waals surface area (Å²) >= 11 is 8.31. The van der Waals surface area contributed by atoms with Gasteiger partial charge in [0.15, 0.2) is 0 Å². The Morgan fingerprint density at radius 3 is 3.09 bits per heavy atom. The van der Waals surface area contributed by atoms with E-state index in [4.69, 9.17) is 11.6 Å². The van der Waals surface area contributed by atoms with Gasteiger partial charge in [0.1, 0.15) is 0 Å². The van der Waals surface area contributed by atoms with E-state index < -0.39 is 0 Å². The molecule has 0 N–H and O–H groups in total. The topological polar surface area (TPSA) is 12.9 Å². The van der Waals surface area contributed by atoms with Crippen LogP contribution in [0, 0.1) is 3.57 Å². The molecule has 0 atom stereocenters. The van der Waals surface area contributed by atoms with E-state index in [0.717, 1.165) is 21.4 Å². The minimum absolute atomic E-state index is 0.924. The largest absolute Gasteiger partial charge is 0.260 e. The molecule has 0 saturated carbocycles. The third-order valence-corrected chi connectivity index (χ3v) is 3.57. The maximum absolute atomic E-state index is 6.09. The van der Waals surface area contributed by atoms with Crippen LogP contribution in [0.2, 0.25) is 5.02 Å². The Bertz CT molecular complexity index is 298. The van der Waals surface area contributed by atoms with Gasteiger partial charge in [-0.05, 0) is 47.4 Å². The van der Waals surface area contributed by atoms with Gasteiger partial charge in [0.25, 0.3) is 0 Å². The molecule has 0 fully saturated rings. The van der Waals surface area contributed by atoms with Crippen molar-refractivity contribution in [2.45, 2.75) is 19.3 Å². The van der Waals surface area contributed by atoms with Crippen LogP contribution in [0.15, 0.2) is 6.20 Å². The first-order valence-electron chi connectivity index (χ1n) is 3.61. The van der Waals surface area contributed by atoms with Crippen molar-refractivity contribution in [1.29, 1.82) is 0 Å². The fraction of sp³-hybridized carbons (Fsp3) is 0.375. The maximum Gasteiger partial charge on any atom is 0.0605 e. The van der Waals surface area contributed by atoms with Crippen LogP contribution in [0.25, 0.3) is 0 Å². The molecule has 1 aromatic heterocycles. The number of halogens is 2. The standard InChI is InChI=1S/C8H7ClIN/c9-8-5-2-1-3-7(5)11-4-6(8)10/h4H,1-3H2. The lowest BCUT2D eigenvalue weighted by atomic mass is 10.2. The molecule has 11 heavy (non-hydrogen) atoms. The van der Waals surface area contributed by atoms with E-state index in [9.17, 15) is 0 Å². The van der Waals surface area contributed by atoms with Crippen molar-refractivity contribution < 1.29 is 0 Å². The summed E-state index contributed by atoms with van der Waals surface area (Å²) in [5.41, 5.74) is 2.48. The average Bonchev–Trinajstić information content (AvgIpc) is 2.45. The first-order chi connectivity index (χ1) is 5.29. The smallest absolute Gasteiger partial charge is 0.0605 e. The minimum atomic E-state index is 0.924. The molecule has 3 heteroatoms. The van der Waals surface area contributed by atoms with Crippen molar-refractivity contribution in [3.05, 3.63) is 26.0 Å². The Morgan fingerprint density at radius 1 is 1.45 bits per heavy atom. The number of hydrogen-bond donors (Lipinski definition) is 0. The zero-order valence-electron chi connectivity index (χ0n) is 5.90. The van der Waals surface area contributed by atoms with E-state index in [-0.39, 0.29) is 0 Å². The summed E-state index contributed by atoms with van der Waals surface area (Å²) in [7, 11) is 0.